The third kappa shape index (κ3) is 2.52. The van der Waals surface area contributed by atoms with Gasteiger partial charge in [0.1, 0.15) is 5.01 Å². The molecule has 0 aliphatic heterocycles. The molecule has 1 aromatic heterocycles. The third-order valence-electron chi connectivity index (χ3n) is 2.31. The van der Waals surface area contributed by atoms with E-state index in [2.05, 4.69) is 17.2 Å². The first-order valence-corrected chi connectivity index (χ1v) is 5.98. The zero-order chi connectivity index (χ0) is 11.5. The Bertz CT molecular complexity index is 491. The number of thiazole rings is 1. The molecule has 4 heteroatoms. The summed E-state index contributed by atoms with van der Waals surface area (Å²) in [6, 6.07) is 6.02. The van der Waals surface area contributed by atoms with Gasteiger partial charge in [-0.15, -0.1) is 11.3 Å². The minimum atomic E-state index is 0.728. The maximum Gasteiger partial charge on any atom is 0.112 e. The van der Waals surface area contributed by atoms with Gasteiger partial charge in [-0.05, 0) is 31.5 Å². The molecule has 0 aliphatic carbocycles. The Balaban J connectivity index is 2.04. The lowest BCUT2D eigenvalue weighted by atomic mass is 10.2. The molecule has 0 bridgehead atoms. The van der Waals surface area contributed by atoms with Crippen molar-refractivity contribution in [3.05, 3.63) is 39.8 Å². The lowest BCUT2D eigenvalue weighted by Crippen LogP contribution is -2.02. The predicted octanol–water partition coefficient (Wildman–Crippen LogP) is 2.95. The average Bonchev–Trinajstić information content (AvgIpc) is 2.63. The monoisotopic (exact) mass is 233 g/mol. The Morgan fingerprint density at radius 3 is 2.81 bits per heavy atom. The molecule has 2 aromatic rings. The molecule has 0 aliphatic rings. The van der Waals surface area contributed by atoms with Crippen LogP contribution < -0.4 is 11.1 Å². The van der Waals surface area contributed by atoms with Crippen molar-refractivity contribution in [2.75, 3.05) is 11.1 Å². The number of benzene rings is 1. The molecular formula is C12H15N3S. The van der Waals surface area contributed by atoms with E-state index in [1.807, 2.05) is 31.3 Å². The quantitative estimate of drug-likeness (QED) is 0.801. The van der Waals surface area contributed by atoms with Crippen molar-refractivity contribution in [3.8, 4) is 0 Å². The van der Waals surface area contributed by atoms with Crippen LogP contribution in [-0.2, 0) is 6.54 Å². The summed E-state index contributed by atoms with van der Waals surface area (Å²) in [7, 11) is 0. The number of nitrogens with two attached hydrogens (primary N) is 1. The van der Waals surface area contributed by atoms with E-state index in [-0.39, 0.29) is 0 Å². The van der Waals surface area contributed by atoms with Crippen LogP contribution in [0.5, 0.6) is 0 Å². The summed E-state index contributed by atoms with van der Waals surface area (Å²) >= 11 is 1.70. The zero-order valence-electron chi connectivity index (χ0n) is 9.45. The van der Waals surface area contributed by atoms with Gasteiger partial charge in [-0.1, -0.05) is 6.07 Å². The number of nitrogens with zero attached hydrogens (tertiary/aromatic N) is 1. The minimum absolute atomic E-state index is 0.728. The van der Waals surface area contributed by atoms with Gasteiger partial charge in [0, 0.05) is 11.1 Å². The molecule has 0 saturated carbocycles. The summed E-state index contributed by atoms with van der Waals surface area (Å²) in [4.78, 5) is 5.52. The second-order valence-corrected chi connectivity index (χ2v) is 5.13. The number of rotatable bonds is 3. The predicted molar refractivity (Wildman–Crippen MR) is 69.8 cm³/mol. The molecule has 3 N–H and O–H groups in total. The van der Waals surface area contributed by atoms with Crippen LogP contribution in [0.25, 0.3) is 0 Å². The van der Waals surface area contributed by atoms with Crippen LogP contribution in [0.15, 0.2) is 24.4 Å². The highest BCUT2D eigenvalue weighted by molar-refractivity contribution is 7.11. The number of nitrogen functional groups attached to an aromatic ring is 1. The average molecular weight is 233 g/mol. The Hall–Kier alpha value is -1.55. The maximum absolute atomic E-state index is 5.91. The fraction of sp³-hybridized carbons (Fsp3) is 0.250. The van der Waals surface area contributed by atoms with Gasteiger partial charge < -0.3 is 11.1 Å². The van der Waals surface area contributed by atoms with Crippen LogP contribution in [0, 0.1) is 13.8 Å². The number of anilines is 2. The topological polar surface area (TPSA) is 50.9 Å². The lowest BCUT2D eigenvalue weighted by Gasteiger charge is -2.08. The first-order valence-electron chi connectivity index (χ1n) is 5.16. The molecular weight excluding hydrogens is 218 g/mol. The van der Waals surface area contributed by atoms with Crippen molar-refractivity contribution in [2.24, 2.45) is 0 Å². The summed E-state index contributed by atoms with van der Waals surface area (Å²) in [6.07, 6.45) is 1.89. The van der Waals surface area contributed by atoms with Crippen molar-refractivity contribution in [3.63, 3.8) is 0 Å². The van der Waals surface area contributed by atoms with Gasteiger partial charge in [-0.25, -0.2) is 4.98 Å². The fourth-order valence-electron chi connectivity index (χ4n) is 1.50. The van der Waals surface area contributed by atoms with E-state index in [0.717, 1.165) is 22.9 Å². The van der Waals surface area contributed by atoms with Crippen LogP contribution in [0.2, 0.25) is 0 Å². The van der Waals surface area contributed by atoms with Crippen LogP contribution in [0.3, 0.4) is 0 Å². The summed E-state index contributed by atoms with van der Waals surface area (Å²) in [5.74, 6) is 0. The standard InChI is InChI=1S/C12H15N3S/c1-8-3-4-11(10(13)5-8)14-7-12-15-6-9(2)16-12/h3-6,14H,7,13H2,1-2H3. The summed E-state index contributed by atoms with van der Waals surface area (Å²) < 4.78 is 0. The fourth-order valence-corrected chi connectivity index (χ4v) is 2.22. The molecule has 0 unspecified atom stereocenters. The molecule has 2 rings (SSSR count). The van der Waals surface area contributed by atoms with Crippen molar-refractivity contribution < 1.29 is 0 Å². The van der Waals surface area contributed by atoms with Gasteiger partial charge in [0.15, 0.2) is 0 Å². The normalized spacial score (nSPS) is 10.4. The summed E-state index contributed by atoms with van der Waals surface area (Å²) in [5, 5.41) is 4.37. The van der Waals surface area contributed by atoms with E-state index in [9.17, 15) is 0 Å². The first-order chi connectivity index (χ1) is 7.65. The second-order valence-electron chi connectivity index (χ2n) is 3.81. The van der Waals surface area contributed by atoms with E-state index in [0.29, 0.717) is 0 Å². The summed E-state index contributed by atoms with van der Waals surface area (Å²) in [5.41, 5.74) is 8.84. The largest absolute Gasteiger partial charge is 0.397 e. The van der Waals surface area contributed by atoms with Gasteiger partial charge in [0.05, 0.1) is 17.9 Å². The number of aryl methyl sites for hydroxylation is 2. The van der Waals surface area contributed by atoms with Crippen molar-refractivity contribution >= 4 is 22.7 Å². The molecule has 3 nitrogen and oxygen atoms in total. The van der Waals surface area contributed by atoms with Crippen LogP contribution in [0.1, 0.15) is 15.4 Å². The number of hydrogen-bond donors (Lipinski definition) is 2. The SMILES string of the molecule is Cc1ccc(NCc2ncc(C)s2)c(N)c1. The highest BCUT2D eigenvalue weighted by Gasteiger charge is 2.01. The van der Waals surface area contributed by atoms with Crippen LogP contribution in [-0.4, -0.2) is 4.98 Å². The number of aromatic nitrogens is 1. The summed E-state index contributed by atoms with van der Waals surface area (Å²) in [6.45, 7) is 4.82. The van der Waals surface area contributed by atoms with Crippen molar-refractivity contribution in [2.45, 2.75) is 20.4 Å². The molecule has 1 heterocycles. The number of nitrogens with one attached hydrogen (secondary N) is 1. The molecule has 84 valence electrons. The Morgan fingerprint density at radius 2 is 2.19 bits per heavy atom. The minimum Gasteiger partial charge on any atom is -0.397 e. The Morgan fingerprint density at radius 1 is 1.38 bits per heavy atom. The van der Waals surface area contributed by atoms with E-state index in [1.165, 1.54) is 10.4 Å². The Kier molecular flexibility index (Phi) is 3.10. The van der Waals surface area contributed by atoms with Crippen molar-refractivity contribution in [1.29, 1.82) is 0 Å². The lowest BCUT2D eigenvalue weighted by molar-refractivity contribution is 1.10. The van der Waals surface area contributed by atoms with Gasteiger partial charge >= 0.3 is 0 Å². The molecule has 0 saturated heterocycles. The molecule has 16 heavy (non-hydrogen) atoms. The van der Waals surface area contributed by atoms with E-state index >= 15 is 0 Å². The van der Waals surface area contributed by atoms with E-state index in [4.69, 9.17) is 5.73 Å². The smallest absolute Gasteiger partial charge is 0.112 e. The molecule has 0 amide bonds. The number of hydrogen-bond acceptors (Lipinski definition) is 4. The highest BCUT2D eigenvalue weighted by Crippen LogP contribution is 2.21. The van der Waals surface area contributed by atoms with E-state index in [1.54, 1.807) is 11.3 Å². The molecule has 1 aromatic carbocycles. The van der Waals surface area contributed by atoms with Crippen LogP contribution in [0.4, 0.5) is 11.4 Å². The van der Waals surface area contributed by atoms with Gasteiger partial charge in [0.25, 0.3) is 0 Å². The molecule has 0 atom stereocenters. The van der Waals surface area contributed by atoms with Gasteiger partial charge in [-0.2, -0.15) is 0 Å². The van der Waals surface area contributed by atoms with Crippen LogP contribution >= 0.6 is 11.3 Å². The highest BCUT2D eigenvalue weighted by atomic mass is 32.1. The molecule has 0 fully saturated rings. The van der Waals surface area contributed by atoms with E-state index < -0.39 is 0 Å². The van der Waals surface area contributed by atoms with Gasteiger partial charge in [-0.3, -0.25) is 0 Å². The van der Waals surface area contributed by atoms with Crippen molar-refractivity contribution in [1.82, 2.24) is 4.98 Å². The second kappa shape index (κ2) is 4.53. The Labute approximate surface area is 99.3 Å². The van der Waals surface area contributed by atoms with Gasteiger partial charge in [0.2, 0.25) is 0 Å². The molecule has 0 radical (unpaired) electrons. The first kappa shape index (κ1) is 11.0. The zero-order valence-corrected chi connectivity index (χ0v) is 10.3. The maximum atomic E-state index is 5.91. The molecule has 0 spiro atoms. The third-order valence-corrected chi connectivity index (χ3v) is 3.22.